The van der Waals surface area contributed by atoms with Gasteiger partial charge in [0.15, 0.2) is 0 Å². The maximum Gasteiger partial charge on any atom is 0.327 e. The molecule has 1 unspecified atom stereocenters. The molecular formula is C21H19NO5S2. The van der Waals surface area contributed by atoms with Crippen LogP contribution in [0.5, 0.6) is 11.5 Å². The number of ether oxygens (including phenoxy) is 2. The lowest BCUT2D eigenvalue weighted by molar-refractivity contribution is -0.145. The van der Waals surface area contributed by atoms with Crippen LogP contribution in [0.3, 0.4) is 0 Å². The topological polar surface area (TPSA) is 76.1 Å². The average Bonchev–Trinajstić information content (AvgIpc) is 2.99. The summed E-state index contributed by atoms with van der Waals surface area (Å²) in [4.78, 5) is 26.4. The van der Waals surface area contributed by atoms with Gasteiger partial charge in [-0.25, -0.2) is 4.79 Å². The molecule has 1 N–H and O–H groups in total. The number of hydrogen-bond donors (Lipinski definition) is 1. The van der Waals surface area contributed by atoms with E-state index in [9.17, 15) is 14.7 Å². The average molecular weight is 430 g/mol. The highest BCUT2D eigenvalue weighted by molar-refractivity contribution is 8.26. The fourth-order valence-corrected chi connectivity index (χ4v) is 4.32. The van der Waals surface area contributed by atoms with Crippen molar-refractivity contribution in [1.82, 2.24) is 4.90 Å². The highest BCUT2D eigenvalue weighted by Crippen LogP contribution is 2.36. The Morgan fingerprint density at radius 1 is 1.21 bits per heavy atom. The number of rotatable bonds is 7. The van der Waals surface area contributed by atoms with Gasteiger partial charge in [0, 0.05) is 12.0 Å². The molecule has 1 heterocycles. The first kappa shape index (κ1) is 20.9. The lowest BCUT2D eigenvalue weighted by atomic mass is 10.0. The van der Waals surface area contributed by atoms with Gasteiger partial charge in [-0.2, -0.15) is 0 Å². The van der Waals surface area contributed by atoms with Gasteiger partial charge in [-0.3, -0.25) is 9.69 Å². The summed E-state index contributed by atoms with van der Waals surface area (Å²) >= 11 is 6.42. The number of thiocarbonyl (C=S) groups is 1. The molecule has 0 spiro atoms. The number of carboxylic acid groups (broad SMARTS) is 1. The molecule has 6 nitrogen and oxygen atoms in total. The molecule has 29 heavy (non-hydrogen) atoms. The van der Waals surface area contributed by atoms with E-state index in [0.717, 1.165) is 17.3 Å². The van der Waals surface area contributed by atoms with Crippen molar-refractivity contribution in [2.45, 2.75) is 12.5 Å². The van der Waals surface area contributed by atoms with Crippen LogP contribution in [0.4, 0.5) is 0 Å². The Balaban J connectivity index is 1.92. The van der Waals surface area contributed by atoms with Crippen LogP contribution >= 0.6 is 24.0 Å². The molecule has 1 atom stereocenters. The Morgan fingerprint density at radius 3 is 2.55 bits per heavy atom. The van der Waals surface area contributed by atoms with E-state index in [1.165, 1.54) is 12.0 Å². The molecule has 1 aliphatic heterocycles. The van der Waals surface area contributed by atoms with Gasteiger partial charge in [-0.1, -0.05) is 54.3 Å². The van der Waals surface area contributed by atoms with Gasteiger partial charge in [0.05, 0.1) is 19.1 Å². The van der Waals surface area contributed by atoms with Gasteiger partial charge in [0.25, 0.3) is 5.91 Å². The van der Waals surface area contributed by atoms with E-state index in [0.29, 0.717) is 22.0 Å². The standard InChI is InChI=1S/C21H19NO5S2/c1-26-15-8-9-17(27-2)14(11-15)12-18-19(23)22(21(28)29-18)16(20(24)25)10-13-6-4-3-5-7-13/h3-9,11-12,16H,10H2,1-2H3,(H,24,25)/b18-12-. The molecule has 2 aromatic carbocycles. The van der Waals surface area contributed by atoms with Gasteiger partial charge in [0.2, 0.25) is 0 Å². The van der Waals surface area contributed by atoms with Crippen LogP contribution in [-0.2, 0) is 16.0 Å². The number of carbonyl (C=O) groups excluding carboxylic acids is 1. The van der Waals surface area contributed by atoms with E-state index in [1.54, 1.807) is 31.4 Å². The fraction of sp³-hybridized carbons (Fsp3) is 0.190. The second kappa shape index (κ2) is 9.11. The Bertz CT molecular complexity index is 974. The van der Waals surface area contributed by atoms with Crippen molar-refractivity contribution in [3.05, 3.63) is 64.6 Å². The largest absolute Gasteiger partial charge is 0.497 e. The van der Waals surface area contributed by atoms with Gasteiger partial charge in [-0.15, -0.1) is 0 Å². The maximum atomic E-state index is 13.0. The minimum Gasteiger partial charge on any atom is -0.497 e. The van der Waals surface area contributed by atoms with Crippen molar-refractivity contribution in [3.8, 4) is 11.5 Å². The Morgan fingerprint density at radius 2 is 1.93 bits per heavy atom. The van der Waals surface area contributed by atoms with Crippen molar-refractivity contribution < 1.29 is 24.2 Å². The molecule has 1 aliphatic rings. The third-order valence-electron chi connectivity index (χ3n) is 4.42. The second-order valence-corrected chi connectivity index (χ2v) is 7.88. The number of amides is 1. The minimum absolute atomic E-state index is 0.165. The lowest BCUT2D eigenvalue weighted by Crippen LogP contribution is -2.45. The van der Waals surface area contributed by atoms with Gasteiger partial charge in [-0.05, 0) is 29.8 Å². The molecule has 3 rings (SSSR count). The first-order valence-electron chi connectivity index (χ1n) is 8.70. The summed E-state index contributed by atoms with van der Waals surface area (Å²) in [7, 11) is 3.08. The van der Waals surface area contributed by atoms with Gasteiger partial charge in [0.1, 0.15) is 21.9 Å². The van der Waals surface area contributed by atoms with Crippen molar-refractivity contribution >= 4 is 46.3 Å². The zero-order valence-electron chi connectivity index (χ0n) is 15.8. The summed E-state index contributed by atoms with van der Waals surface area (Å²) in [6.45, 7) is 0. The Hall–Kier alpha value is -2.84. The number of nitrogens with zero attached hydrogens (tertiary/aromatic N) is 1. The van der Waals surface area contributed by atoms with Gasteiger partial charge >= 0.3 is 5.97 Å². The van der Waals surface area contributed by atoms with Crippen LogP contribution in [0.1, 0.15) is 11.1 Å². The van der Waals surface area contributed by atoms with E-state index in [2.05, 4.69) is 0 Å². The molecule has 0 radical (unpaired) electrons. The maximum absolute atomic E-state index is 13.0. The summed E-state index contributed by atoms with van der Waals surface area (Å²) in [6, 6.07) is 13.3. The van der Waals surface area contributed by atoms with Crippen LogP contribution < -0.4 is 9.47 Å². The molecular weight excluding hydrogens is 410 g/mol. The highest BCUT2D eigenvalue weighted by atomic mass is 32.2. The molecule has 150 valence electrons. The van der Waals surface area contributed by atoms with Crippen LogP contribution in [0, 0.1) is 0 Å². The molecule has 2 aromatic rings. The number of methoxy groups -OCH3 is 2. The van der Waals surface area contributed by atoms with E-state index < -0.39 is 17.9 Å². The third kappa shape index (κ3) is 4.60. The van der Waals surface area contributed by atoms with Crippen molar-refractivity contribution in [2.75, 3.05) is 14.2 Å². The van der Waals surface area contributed by atoms with Gasteiger partial charge < -0.3 is 14.6 Å². The quantitative estimate of drug-likeness (QED) is 0.532. The monoisotopic (exact) mass is 429 g/mol. The second-order valence-electron chi connectivity index (χ2n) is 6.20. The fourth-order valence-electron chi connectivity index (χ4n) is 2.97. The number of carbonyl (C=O) groups is 2. The summed E-state index contributed by atoms with van der Waals surface area (Å²) in [5.74, 6) is -0.367. The number of aliphatic carboxylic acids is 1. The zero-order valence-corrected chi connectivity index (χ0v) is 17.5. The molecule has 1 saturated heterocycles. The smallest absolute Gasteiger partial charge is 0.327 e. The third-order valence-corrected chi connectivity index (χ3v) is 5.75. The highest BCUT2D eigenvalue weighted by Gasteiger charge is 2.40. The summed E-state index contributed by atoms with van der Waals surface area (Å²) in [6.07, 6.45) is 1.81. The Labute approximate surface area is 178 Å². The number of thioether (sulfide) groups is 1. The first-order valence-corrected chi connectivity index (χ1v) is 9.93. The summed E-state index contributed by atoms with van der Waals surface area (Å²) < 4.78 is 10.8. The molecule has 1 fully saturated rings. The molecule has 0 saturated carbocycles. The molecule has 1 amide bonds. The zero-order chi connectivity index (χ0) is 21.0. The minimum atomic E-state index is -1.11. The van der Waals surface area contributed by atoms with Crippen LogP contribution in [0.25, 0.3) is 6.08 Å². The SMILES string of the molecule is COc1ccc(OC)c(/C=C2\SC(=S)N(C(Cc3ccccc3)C(=O)O)C2=O)c1. The van der Waals surface area contributed by atoms with Crippen molar-refractivity contribution in [2.24, 2.45) is 0 Å². The molecule has 0 aromatic heterocycles. The van der Waals surface area contributed by atoms with E-state index >= 15 is 0 Å². The summed E-state index contributed by atoms with van der Waals surface area (Å²) in [5.41, 5.74) is 1.45. The van der Waals surface area contributed by atoms with Crippen molar-refractivity contribution in [3.63, 3.8) is 0 Å². The normalized spacial score (nSPS) is 16.2. The van der Waals surface area contributed by atoms with Crippen molar-refractivity contribution in [1.29, 1.82) is 0 Å². The molecule has 0 bridgehead atoms. The summed E-state index contributed by atoms with van der Waals surface area (Å²) in [5, 5.41) is 9.74. The van der Waals surface area contributed by atoms with Crippen LogP contribution in [0.15, 0.2) is 53.4 Å². The lowest BCUT2D eigenvalue weighted by Gasteiger charge is -2.23. The van der Waals surface area contributed by atoms with E-state index in [1.807, 2.05) is 30.3 Å². The molecule has 8 heteroatoms. The molecule has 0 aliphatic carbocycles. The first-order chi connectivity index (χ1) is 13.9. The number of hydrogen-bond acceptors (Lipinski definition) is 6. The Kier molecular flexibility index (Phi) is 6.56. The van der Waals surface area contributed by atoms with E-state index in [4.69, 9.17) is 21.7 Å². The number of benzene rings is 2. The predicted octanol–water partition coefficient (Wildman–Crippen LogP) is 3.60. The van der Waals surface area contributed by atoms with E-state index in [-0.39, 0.29) is 10.7 Å². The van der Waals surface area contributed by atoms with Crippen LogP contribution in [0.2, 0.25) is 0 Å². The number of carboxylic acids is 1. The predicted molar refractivity (Wildman–Crippen MR) is 116 cm³/mol. The van der Waals surface area contributed by atoms with Crippen LogP contribution in [-0.4, -0.2) is 46.5 Å².